The molecule has 0 N–H and O–H groups in total. The lowest BCUT2D eigenvalue weighted by atomic mass is 10.2. The molecule has 0 unspecified atom stereocenters. The number of thioether (sulfide) groups is 1. The van der Waals surface area contributed by atoms with Crippen LogP contribution in [0.25, 0.3) is 6.08 Å². The second kappa shape index (κ2) is 9.85. The SMILES string of the molecule is O=C1S/C(=C\c2ccc(OCc3ccccc3)c(Br)c2)C(=O)N1Cc1ccc(Br)cc1. The number of hydrogen-bond donors (Lipinski definition) is 0. The molecular weight excluding hydrogens is 542 g/mol. The zero-order valence-electron chi connectivity index (χ0n) is 16.3. The Kier molecular flexibility index (Phi) is 6.95. The first-order valence-electron chi connectivity index (χ1n) is 9.46. The van der Waals surface area contributed by atoms with Crippen LogP contribution in [0.4, 0.5) is 4.79 Å². The number of rotatable bonds is 6. The maximum Gasteiger partial charge on any atom is 0.293 e. The average molecular weight is 559 g/mol. The highest BCUT2D eigenvalue weighted by Crippen LogP contribution is 2.35. The van der Waals surface area contributed by atoms with Gasteiger partial charge >= 0.3 is 0 Å². The molecule has 7 heteroatoms. The van der Waals surface area contributed by atoms with Gasteiger partial charge in [0, 0.05) is 4.47 Å². The van der Waals surface area contributed by atoms with Crippen LogP contribution < -0.4 is 4.74 Å². The first-order chi connectivity index (χ1) is 15.0. The van der Waals surface area contributed by atoms with Crippen molar-refractivity contribution in [1.29, 1.82) is 0 Å². The number of amides is 2. The van der Waals surface area contributed by atoms with Crippen LogP contribution in [0.2, 0.25) is 0 Å². The molecule has 3 aromatic rings. The van der Waals surface area contributed by atoms with E-state index in [-0.39, 0.29) is 17.7 Å². The Hall–Kier alpha value is -2.35. The predicted molar refractivity (Wildman–Crippen MR) is 131 cm³/mol. The van der Waals surface area contributed by atoms with Gasteiger partial charge < -0.3 is 4.74 Å². The van der Waals surface area contributed by atoms with Gasteiger partial charge in [0.1, 0.15) is 12.4 Å². The lowest BCUT2D eigenvalue weighted by Gasteiger charge is -2.12. The maximum atomic E-state index is 12.8. The molecule has 31 heavy (non-hydrogen) atoms. The number of halogens is 2. The molecule has 0 aromatic heterocycles. The summed E-state index contributed by atoms with van der Waals surface area (Å²) in [6, 6.07) is 23.1. The predicted octanol–water partition coefficient (Wildman–Crippen LogP) is 7.03. The summed E-state index contributed by atoms with van der Waals surface area (Å²) in [6.45, 7) is 0.721. The van der Waals surface area contributed by atoms with Crippen LogP contribution in [0, 0.1) is 0 Å². The van der Waals surface area contributed by atoms with E-state index in [1.54, 1.807) is 6.08 Å². The van der Waals surface area contributed by atoms with Crippen molar-refractivity contribution in [3.63, 3.8) is 0 Å². The Bertz CT molecular complexity index is 1150. The zero-order chi connectivity index (χ0) is 21.8. The maximum absolute atomic E-state index is 12.8. The third kappa shape index (κ3) is 5.47. The molecule has 0 aliphatic carbocycles. The van der Waals surface area contributed by atoms with Crippen LogP contribution in [0.5, 0.6) is 5.75 Å². The summed E-state index contributed by atoms with van der Waals surface area (Å²) in [7, 11) is 0. The van der Waals surface area contributed by atoms with Crippen molar-refractivity contribution in [2.75, 3.05) is 0 Å². The highest BCUT2D eigenvalue weighted by Gasteiger charge is 2.34. The Morgan fingerprint density at radius 1 is 0.903 bits per heavy atom. The van der Waals surface area contributed by atoms with Crippen LogP contribution in [-0.4, -0.2) is 16.0 Å². The second-order valence-electron chi connectivity index (χ2n) is 6.86. The van der Waals surface area contributed by atoms with Gasteiger partial charge in [-0.15, -0.1) is 0 Å². The summed E-state index contributed by atoms with van der Waals surface area (Å²) in [6.07, 6.45) is 1.73. The van der Waals surface area contributed by atoms with Crippen molar-refractivity contribution in [3.05, 3.63) is 103 Å². The smallest absolute Gasteiger partial charge is 0.293 e. The van der Waals surface area contributed by atoms with Crippen molar-refractivity contribution in [3.8, 4) is 5.75 Å². The third-order valence-electron chi connectivity index (χ3n) is 4.62. The first-order valence-corrected chi connectivity index (χ1v) is 11.9. The van der Waals surface area contributed by atoms with Gasteiger partial charge in [0.2, 0.25) is 0 Å². The number of carbonyl (C=O) groups is 2. The fourth-order valence-electron chi connectivity index (χ4n) is 3.02. The zero-order valence-corrected chi connectivity index (χ0v) is 20.2. The number of nitrogens with zero attached hydrogens (tertiary/aromatic N) is 1. The number of benzene rings is 3. The van der Waals surface area contributed by atoms with Gasteiger partial charge in [0.25, 0.3) is 11.1 Å². The Balaban J connectivity index is 1.45. The van der Waals surface area contributed by atoms with Crippen LogP contribution in [0.3, 0.4) is 0 Å². The van der Waals surface area contributed by atoms with Gasteiger partial charge in [0.15, 0.2) is 0 Å². The minimum Gasteiger partial charge on any atom is -0.488 e. The molecule has 4 rings (SSSR count). The third-order valence-corrected chi connectivity index (χ3v) is 6.67. The summed E-state index contributed by atoms with van der Waals surface area (Å²) < 4.78 is 7.61. The molecule has 1 aliphatic heterocycles. The number of ether oxygens (including phenoxy) is 1. The first kappa shape index (κ1) is 21.9. The van der Waals surface area contributed by atoms with E-state index < -0.39 is 0 Å². The molecular formula is C24H17Br2NO3S. The highest BCUT2D eigenvalue weighted by molar-refractivity contribution is 9.10. The van der Waals surface area contributed by atoms with E-state index in [9.17, 15) is 9.59 Å². The second-order valence-corrected chi connectivity index (χ2v) is 9.62. The molecule has 0 saturated carbocycles. The van der Waals surface area contributed by atoms with Crippen LogP contribution in [0.1, 0.15) is 16.7 Å². The number of hydrogen-bond acceptors (Lipinski definition) is 4. The minimum atomic E-state index is -0.279. The molecule has 156 valence electrons. The highest BCUT2D eigenvalue weighted by atomic mass is 79.9. The number of carbonyl (C=O) groups excluding carboxylic acids is 2. The summed E-state index contributed by atoms with van der Waals surface area (Å²) in [5, 5.41) is -0.263. The van der Waals surface area contributed by atoms with Gasteiger partial charge in [-0.25, -0.2) is 0 Å². The monoisotopic (exact) mass is 557 g/mol. The lowest BCUT2D eigenvalue weighted by molar-refractivity contribution is -0.123. The van der Waals surface area contributed by atoms with Gasteiger partial charge in [-0.2, -0.15) is 0 Å². The quantitative estimate of drug-likeness (QED) is 0.305. The molecule has 4 nitrogen and oxygen atoms in total. The van der Waals surface area contributed by atoms with Crippen LogP contribution >= 0.6 is 43.6 Å². The molecule has 0 radical (unpaired) electrons. The van der Waals surface area contributed by atoms with E-state index in [4.69, 9.17) is 4.74 Å². The molecule has 0 bridgehead atoms. The normalized spacial score (nSPS) is 15.0. The summed E-state index contributed by atoms with van der Waals surface area (Å²) in [5.74, 6) is 0.433. The van der Waals surface area contributed by atoms with E-state index >= 15 is 0 Å². The lowest BCUT2D eigenvalue weighted by Crippen LogP contribution is -2.27. The Labute approximate surface area is 201 Å². The topological polar surface area (TPSA) is 46.6 Å². The Morgan fingerprint density at radius 3 is 2.35 bits per heavy atom. The van der Waals surface area contributed by atoms with E-state index in [0.29, 0.717) is 17.3 Å². The van der Waals surface area contributed by atoms with Crippen molar-refractivity contribution in [2.24, 2.45) is 0 Å². The molecule has 1 saturated heterocycles. The van der Waals surface area contributed by atoms with Gasteiger partial charge in [-0.3, -0.25) is 14.5 Å². The van der Waals surface area contributed by atoms with Gasteiger partial charge in [-0.05, 0) is 74.7 Å². The molecule has 1 heterocycles. The minimum absolute atomic E-state index is 0.255. The standard InChI is InChI=1S/C24H17Br2NO3S/c25-19-9-6-16(7-10-19)14-27-23(28)22(31-24(27)29)13-18-8-11-21(20(26)12-18)30-15-17-4-2-1-3-5-17/h1-13H,14-15H2/b22-13-. The largest absolute Gasteiger partial charge is 0.488 e. The fraction of sp³-hybridized carbons (Fsp3) is 0.0833. The average Bonchev–Trinajstić information content (AvgIpc) is 3.03. The Morgan fingerprint density at radius 2 is 1.65 bits per heavy atom. The summed E-state index contributed by atoms with van der Waals surface area (Å²) >= 11 is 7.88. The summed E-state index contributed by atoms with van der Waals surface area (Å²) in [5.41, 5.74) is 2.79. The summed E-state index contributed by atoms with van der Waals surface area (Å²) in [4.78, 5) is 26.8. The van der Waals surface area contributed by atoms with E-state index in [1.165, 1.54) is 4.90 Å². The van der Waals surface area contributed by atoms with E-state index in [1.807, 2.05) is 72.8 Å². The van der Waals surface area contributed by atoms with Crippen LogP contribution in [0.15, 0.2) is 86.6 Å². The van der Waals surface area contributed by atoms with E-state index in [0.717, 1.165) is 37.4 Å². The van der Waals surface area contributed by atoms with Crippen molar-refractivity contribution < 1.29 is 14.3 Å². The van der Waals surface area contributed by atoms with Crippen molar-refractivity contribution in [1.82, 2.24) is 4.90 Å². The number of imide groups is 1. The van der Waals surface area contributed by atoms with Crippen LogP contribution in [-0.2, 0) is 17.9 Å². The van der Waals surface area contributed by atoms with Crippen molar-refractivity contribution in [2.45, 2.75) is 13.2 Å². The van der Waals surface area contributed by atoms with Crippen molar-refractivity contribution >= 4 is 60.8 Å². The molecule has 2 amide bonds. The molecule has 1 fully saturated rings. The molecule has 0 spiro atoms. The van der Waals surface area contributed by atoms with Gasteiger partial charge in [-0.1, -0.05) is 64.5 Å². The van der Waals surface area contributed by atoms with E-state index in [2.05, 4.69) is 31.9 Å². The van der Waals surface area contributed by atoms with Gasteiger partial charge in [0.05, 0.1) is 15.9 Å². The molecule has 3 aromatic carbocycles. The molecule has 0 atom stereocenters. The fourth-order valence-corrected chi connectivity index (χ4v) is 4.63. The molecule has 1 aliphatic rings.